The molecule has 196 valence electrons. The Balaban J connectivity index is 1.61. The van der Waals surface area contributed by atoms with Crippen LogP contribution >= 0.6 is 0 Å². The summed E-state index contributed by atoms with van der Waals surface area (Å²) in [6.07, 6.45) is 3.86. The van der Waals surface area contributed by atoms with Crippen LogP contribution in [0.15, 0.2) is 96.2 Å². The summed E-state index contributed by atoms with van der Waals surface area (Å²) in [7, 11) is -3.94. The summed E-state index contributed by atoms with van der Waals surface area (Å²) >= 11 is 0. The fourth-order valence-electron chi connectivity index (χ4n) is 4.13. The second-order valence-corrected chi connectivity index (χ2v) is 10.5. The number of benzene rings is 2. The van der Waals surface area contributed by atoms with E-state index in [0.29, 0.717) is 17.9 Å². The van der Waals surface area contributed by atoms with E-state index in [4.69, 9.17) is 5.11 Å². The highest BCUT2D eigenvalue weighted by atomic mass is 32.2. The minimum atomic E-state index is -3.94. The first kappa shape index (κ1) is 27.0. The van der Waals surface area contributed by atoms with Crippen molar-refractivity contribution in [3.8, 4) is 11.1 Å². The Morgan fingerprint density at radius 3 is 2.42 bits per heavy atom. The lowest BCUT2D eigenvalue weighted by Crippen LogP contribution is -2.31. The van der Waals surface area contributed by atoms with Crippen LogP contribution in [0.25, 0.3) is 11.1 Å². The minimum absolute atomic E-state index is 0.0903. The van der Waals surface area contributed by atoms with Gasteiger partial charge < -0.3 is 10.4 Å². The Morgan fingerprint density at radius 2 is 1.71 bits per heavy atom. The number of aromatic nitrogens is 2. The molecule has 0 amide bonds. The van der Waals surface area contributed by atoms with Crippen LogP contribution in [0.3, 0.4) is 0 Å². The number of nitrogens with one attached hydrogen (secondary N) is 2. The summed E-state index contributed by atoms with van der Waals surface area (Å²) in [5.74, 6) is -0.681. The summed E-state index contributed by atoms with van der Waals surface area (Å²) in [6.45, 7) is 1.86. The van der Waals surface area contributed by atoms with Gasteiger partial charge in [-0.2, -0.15) is 0 Å². The number of aryl methyl sites for hydroxylation is 1. The van der Waals surface area contributed by atoms with Crippen molar-refractivity contribution in [3.63, 3.8) is 0 Å². The fourth-order valence-corrected chi connectivity index (χ4v) is 5.29. The van der Waals surface area contributed by atoms with Crippen molar-refractivity contribution in [2.75, 3.05) is 11.9 Å². The zero-order chi connectivity index (χ0) is 27.0. The monoisotopic (exact) mass is 530 g/mol. The second-order valence-electron chi connectivity index (χ2n) is 8.89. The number of rotatable bonds is 12. The smallest absolute Gasteiger partial charge is 0.322 e. The highest BCUT2D eigenvalue weighted by molar-refractivity contribution is 7.89. The first-order valence-electron chi connectivity index (χ1n) is 12.4. The molecule has 2 heterocycles. The molecule has 3 N–H and O–H groups in total. The van der Waals surface area contributed by atoms with Crippen molar-refractivity contribution in [2.24, 2.45) is 0 Å². The standard InChI is InChI=1S/C29H30N4O4S/c1-2-7-21-8-5-9-24(18-21)23-15-13-22(14-16-23)19-26(33-38(36,37)28-12-3-4-17-30-28)25-10-6-11-27(32-25)31-20-29(34)35/h3-6,8-18,26,33H,2,7,19-20H2,1H3,(H,31,32)(H,34,35). The summed E-state index contributed by atoms with van der Waals surface area (Å²) in [6, 6.07) is 25.5. The van der Waals surface area contributed by atoms with E-state index < -0.39 is 22.0 Å². The van der Waals surface area contributed by atoms with Gasteiger partial charge in [0.25, 0.3) is 10.0 Å². The van der Waals surface area contributed by atoms with Crippen molar-refractivity contribution in [2.45, 2.75) is 37.3 Å². The van der Waals surface area contributed by atoms with Gasteiger partial charge in [-0.1, -0.05) is 74.0 Å². The third-order valence-corrected chi connectivity index (χ3v) is 7.34. The maximum absolute atomic E-state index is 13.1. The van der Waals surface area contributed by atoms with Crippen LogP contribution in [-0.4, -0.2) is 36.0 Å². The molecule has 4 rings (SSSR count). The number of hydrogen-bond acceptors (Lipinski definition) is 6. The zero-order valence-electron chi connectivity index (χ0n) is 21.0. The molecule has 0 aliphatic heterocycles. The first-order chi connectivity index (χ1) is 18.3. The van der Waals surface area contributed by atoms with Crippen LogP contribution in [0.5, 0.6) is 0 Å². The van der Waals surface area contributed by atoms with Crippen LogP contribution in [-0.2, 0) is 27.7 Å². The summed E-state index contributed by atoms with van der Waals surface area (Å²) in [5, 5.41) is 11.6. The summed E-state index contributed by atoms with van der Waals surface area (Å²) in [4.78, 5) is 19.4. The molecule has 8 nitrogen and oxygen atoms in total. The van der Waals surface area contributed by atoms with Gasteiger partial charge in [-0.3, -0.25) is 4.79 Å². The molecule has 2 aromatic carbocycles. The number of anilines is 1. The molecule has 0 fully saturated rings. The molecular formula is C29H30N4O4S. The van der Waals surface area contributed by atoms with E-state index in [1.54, 1.807) is 30.3 Å². The third-order valence-electron chi connectivity index (χ3n) is 5.95. The molecule has 0 bridgehead atoms. The van der Waals surface area contributed by atoms with Crippen LogP contribution < -0.4 is 10.0 Å². The van der Waals surface area contributed by atoms with Gasteiger partial charge in [0.2, 0.25) is 0 Å². The predicted octanol–water partition coefficient (Wildman–Crippen LogP) is 4.85. The van der Waals surface area contributed by atoms with Gasteiger partial charge >= 0.3 is 5.97 Å². The molecule has 4 aromatic rings. The molecule has 2 aromatic heterocycles. The van der Waals surface area contributed by atoms with E-state index in [2.05, 4.69) is 51.2 Å². The molecule has 1 atom stereocenters. The zero-order valence-corrected chi connectivity index (χ0v) is 21.9. The van der Waals surface area contributed by atoms with E-state index in [1.165, 1.54) is 17.8 Å². The molecule has 38 heavy (non-hydrogen) atoms. The van der Waals surface area contributed by atoms with Crippen LogP contribution in [0.2, 0.25) is 0 Å². The number of nitrogens with zero attached hydrogens (tertiary/aromatic N) is 2. The largest absolute Gasteiger partial charge is 0.480 e. The Hall–Kier alpha value is -4.08. The van der Waals surface area contributed by atoms with Crippen molar-refractivity contribution in [1.29, 1.82) is 0 Å². The Kier molecular flexibility index (Phi) is 8.83. The lowest BCUT2D eigenvalue weighted by Gasteiger charge is -2.19. The van der Waals surface area contributed by atoms with Gasteiger partial charge in [-0.25, -0.2) is 23.1 Å². The molecule has 9 heteroatoms. The lowest BCUT2D eigenvalue weighted by molar-refractivity contribution is -0.134. The topological polar surface area (TPSA) is 121 Å². The maximum Gasteiger partial charge on any atom is 0.322 e. The van der Waals surface area contributed by atoms with Crippen LogP contribution in [0.1, 0.15) is 36.2 Å². The minimum Gasteiger partial charge on any atom is -0.480 e. The van der Waals surface area contributed by atoms with Gasteiger partial charge in [-0.05, 0) is 59.4 Å². The van der Waals surface area contributed by atoms with Crippen LogP contribution in [0.4, 0.5) is 5.82 Å². The van der Waals surface area contributed by atoms with E-state index in [0.717, 1.165) is 29.5 Å². The number of carbonyl (C=O) groups is 1. The number of carboxylic acid groups (broad SMARTS) is 1. The highest BCUT2D eigenvalue weighted by Crippen LogP contribution is 2.25. The molecular weight excluding hydrogens is 500 g/mol. The predicted molar refractivity (Wildman–Crippen MR) is 147 cm³/mol. The normalized spacial score (nSPS) is 12.1. The Bertz CT molecular complexity index is 1480. The Morgan fingerprint density at radius 1 is 0.921 bits per heavy atom. The molecule has 0 radical (unpaired) electrons. The molecule has 0 aliphatic carbocycles. The highest BCUT2D eigenvalue weighted by Gasteiger charge is 2.24. The molecule has 0 spiro atoms. The third kappa shape index (κ3) is 7.24. The van der Waals surface area contributed by atoms with Crippen LogP contribution in [0, 0.1) is 0 Å². The summed E-state index contributed by atoms with van der Waals surface area (Å²) in [5.41, 5.74) is 4.87. The second kappa shape index (κ2) is 12.4. The average Bonchev–Trinajstić information content (AvgIpc) is 2.93. The van der Waals surface area contributed by atoms with Crippen molar-refractivity contribution in [1.82, 2.24) is 14.7 Å². The molecule has 0 saturated carbocycles. The SMILES string of the molecule is CCCc1cccc(-c2ccc(CC(NS(=O)(=O)c3ccccn3)c3cccc(NCC(=O)O)n3)cc2)c1. The lowest BCUT2D eigenvalue weighted by atomic mass is 9.98. The van der Waals surface area contributed by atoms with Gasteiger partial charge in [-0.15, -0.1) is 0 Å². The average molecular weight is 531 g/mol. The van der Waals surface area contributed by atoms with Gasteiger partial charge in [0.1, 0.15) is 12.4 Å². The van der Waals surface area contributed by atoms with Crippen molar-refractivity contribution >= 4 is 21.8 Å². The summed E-state index contributed by atoms with van der Waals surface area (Å²) < 4.78 is 29.0. The van der Waals surface area contributed by atoms with Crippen molar-refractivity contribution in [3.05, 3.63) is 108 Å². The molecule has 1 unspecified atom stereocenters. The number of carboxylic acids is 1. The molecule has 0 aliphatic rings. The van der Waals surface area contributed by atoms with E-state index in [9.17, 15) is 13.2 Å². The number of hydrogen-bond donors (Lipinski definition) is 3. The molecule has 0 saturated heterocycles. The number of sulfonamides is 1. The van der Waals surface area contributed by atoms with E-state index >= 15 is 0 Å². The quantitative estimate of drug-likeness (QED) is 0.239. The Labute approximate surface area is 222 Å². The van der Waals surface area contributed by atoms with Gasteiger partial charge in [0, 0.05) is 6.20 Å². The van der Waals surface area contributed by atoms with Crippen molar-refractivity contribution < 1.29 is 18.3 Å². The maximum atomic E-state index is 13.1. The van der Waals surface area contributed by atoms with Gasteiger partial charge in [0.15, 0.2) is 5.03 Å². The first-order valence-corrected chi connectivity index (χ1v) is 13.9. The van der Waals surface area contributed by atoms with Gasteiger partial charge in [0.05, 0.1) is 11.7 Å². The van der Waals surface area contributed by atoms with E-state index in [-0.39, 0.29) is 11.6 Å². The number of aliphatic carboxylic acids is 1. The number of pyridine rings is 2. The fraction of sp³-hybridized carbons (Fsp3) is 0.207. The van der Waals surface area contributed by atoms with E-state index in [1.807, 2.05) is 24.3 Å².